The molecule has 2 atom stereocenters. The molecule has 1 aliphatic heterocycles. The van der Waals surface area contributed by atoms with Gasteiger partial charge in [-0.05, 0) is 54.8 Å². The Balaban J connectivity index is 1.58. The van der Waals surface area contributed by atoms with Crippen molar-refractivity contribution in [1.82, 2.24) is 0 Å². The van der Waals surface area contributed by atoms with Gasteiger partial charge in [0.15, 0.2) is 0 Å². The highest BCUT2D eigenvalue weighted by Gasteiger charge is 2.39. The monoisotopic (exact) mass is 564 g/mol. The van der Waals surface area contributed by atoms with Crippen LogP contribution in [0.1, 0.15) is 17.7 Å². The Bertz CT molecular complexity index is 1310. The number of hydrogen-bond acceptors (Lipinski definition) is 6. The number of nitrogens with zero attached hydrogens (tertiary/aromatic N) is 2. The van der Waals surface area contributed by atoms with Crippen molar-refractivity contribution in [3.8, 4) is 6.07 Å². The molecule has 2 heterocycles. The van der Waals surface area contributed by atoms with E-state index in [1.165, 1.54) is 23.1 Å². The van der Waals surface area contributed by atoms with E-state index in [4.69, 9.17) is 0 Å². The van der Waals surface area contributed by atoms with E-state index in [-0.39, 0.29) is 17.6 Å². The van der Waals surface area contributed by atoms with E-state index < -0.39 is 11.8 Å². The summed E-state index contributed by atoms with van der Waals surface area (Å²) >= 11 is 6.10. The van der Waals surface area contributed by atoms with Gasteiger partial charge in [0.2, 0.25) is 5.91 Å². The van der Waals surface area contributed by atoms with Crippen molar-refractivity contribution in [3.05, 3.63) is 92.7 Å². The number of carbonyl (C=O) groups excluding carboxylic acids is 2. The maximum absolute atomic E-state index is 13.3. The minimum Gasteiger partial charge on any atom is -0.325 e. The van der Waals surface area contributed by atoms with Gasteiger partial charge >= 0.3 is 0 Å². The zero-order valence-electron chi connectivity index (χ0n) is 18.7. The largest absolute Gasteiger partial charge is 0.325 e. The van der Waals surface area contributed by atoms with E-state index in [0.29, 0.717) is 27.7 Å². The lowest BCUT2D eigenvalue weighted by atomic mass is 9.82. The van der Waals surface area contributed by atoms with Crippen LogP contribution in [0.4, 0.5) is 11.4 Å². The molecule has 0 bridgehead atoms. The number of amides is 2. The van der Waals surface area contributed by atoms with Crippen LogP contribution in [0.25, 0.3) is 0 Å². The minimum atomic E-state index is -0.681. The molecule has 0 spiro atoms. The maximum Gasteiger partial charge on any atom is 0.254 e. The van der Waals surface area contributed by atoms with E-state index in [9.17, 15) is 14.9 Å². The fraction of sp³-hybridized carbons (Fsp3) is 0.154. The summed E-state index contributed by atoms with van der Waals surface area (Å²) in [6.45, 7) is 1.77. The predicted octanol–water partition coefficient (Wildman–Crippen LogP) is 6.43. The quantitative estimate of drug-likeness (QED) is 0.360. The van der Waals surface area contributed by atoms with Crippen molar-refractivity contribution >= 4 is 67.3 Å². The van der Waals surface area contributed by atoms with Crippen LogP contribution in [0.5, 0.6) is 0 Å². The first-order valence-electron chi connectivity index (χ1n) is 10.7. The first-order valence-corrected chi connectivity index (χ1v) is 13.4. The number of carbonyl (C=O) groups is 2. The molecule has 0 radical (unpaired) electrons. The van der Waals surface area contributed by atoms with Crippen molar-refractivity contribution in [2.75, 3.05) is 16.4 Å². The topological polar surface area (TPSA) is 94.4 Å². The molecule has 2 N–H and O–H groups in total. The summed E-state index contributed by atoms with van der Waals surface area (Å²) in [4.78, 5) is 31.4. The number of thioether (sulfide) groups is 1. The molecule has 1 aliphatic rings. The first kappa shape index (κ1) is 24.9. The van der Waals surface area contributed by atoms with E-state index >= 15 is 0 Å². The number of anilines is 2. The van der Waals surface area contributed by atoms with Crippen molar-refractivity contribution in [2.24, 2.45) is 10.9 Å². The summed E-state index contributed by atoms with van der Waals surface area (Å²) in [5.41, 5.74) is 2.37. The van der Waals surface area contributed by atoms with Gasteiger partial charge in [0.1, 0.15) is 5.92 Å². The number of allylic oxidation sites excluding steroid dienone is 1. The Kier molecular flexibility index (Phi) is 8.18. The summed E-state index contributed by atoms with van der Waals surface area (Å²) in [5, 5.41) is 18.4. The van der Waals surface area contributed by atoms with Crippen LogP contribution < -0.4 is 10.6 Å². The summed E-state index contributed by atoms with van der Waals surface area (Å²) in [5.74, 6) is -1.53. The third-order valence-corrected chi connectivity index (χ3v) is 7.85. The van der Waals surface area contributed by atoms with Crippen molar-refractivity contribution in [2.45, 2.75) is 12.8 Å². The van der Waals surface area contributed by atoms with Crippen molar-refractivity contribution in [3.63, 3.8) is 0 Å². The average molecular weight is 566 g/mol. The number of rotatable bonds is 6. The number of nitriles is 1. The summed E-state index contributed by atoms with van der Waals surface area (Å²) in [6, 6.07) is 22.7. The third-order valence-electron chi connectivity index (χ3n) is 5.32. The second-order valence-electron chi connectivity index (χ2n) is 7.71. The van der Waals surface area contributed by atoms with Crippen LogP contribution in [0.3, 0.4) is 0 Å². The van der Waals surface area contributed by atoms with Crippen LogP contribution in [-0.2, 0) is 9.59 Å². The van der Waals surface area contributed by atoms with Crippen LogP contribution in [0.2, 0.25) is 0 Å². The van der Waals surface area contributed by atoms with Gasteiger partial charge in [0.05, 0.1) is 16.9 Å². The predicted molar refractivity (Wildman–Crippen MR) is 147 cm³/mol. The van der Waals surface area contributed by atoms with E-state index in [1.807, 2.05) is 60.0 Å². The lowest BCUT2D eigenvalue weighted by Gasteiger charge is -2.29. The van der Waals surface area contributed by atoms with Gasteiger partial charge in [-0.15, -0.1) is 11.3 Å². The molecule has 3 aromatic rings. The van der Waals surface area contributed by atoms with Gasteiger partial charge in [-0.2, -0.15) is 5.26 Å². The molecular weight excluding hydrogens is 544 g/mol. The second kappa shape index (κ2) is 11.5. The Labute approximate surface area is 220 Å². The number of thiophene rings is 1. The fourth-order valence-corrected chi connectivity index (χ4v) is 5.81. The smallest absolute Gasteiger partial charge is 0.254 e. The number of aliphatic imine (C=N–C) groups is 1. The van der Waals surface area contributed by atoms with Gasteiger partial charge in [0.25, 0.3) is 5.91 Å². The zero-order chi connectivity index (χ0) is 24.8. The highest BCUT2D eigenvalue weighted by Crippen LogP contribution is 2.43. The molecule has 2 unspecified atom stereocenters. The van der Waals surface area contributed by atoms with Gasteiger partial charge in [-0.3, -0.25) is 9.59 Å². The lowest BCUT2D eigenvalue weighted by Crippen LogP contribution is -2.31. The third kappa shape index (κ3) is 6.09. The van der Waals surface area contributed by atoms with Gasteiger partial charge in [0, 0.05) is 37.9 Å². The van der Waals surface area contributed by atoms with E-state index in [0.717, 1.165) is 9.35 Å². The molecule has 0 saturated heterocycles. The Morgan fingerprint density at radius 3 is 2.43 bits per heavy atom. The van der Waals surface area contributed by atoms with E-state index in [1.54, 1.807) is 19.1 Å². The van der Waals surface area contributed by atoms with Crippen LogP contribution in [0, 0.1) is 17.2 Å². The summed E-state index contributed by atoms with van der Waals surface area (Å²) in [6.07, 6.45) is 0. The second-order valence-corrected chi connectivity index (χ2v) is 10.6. The Hall–Kier alpha value is -3.19. The van der Waals surface area contributed by atoms with E-state index in [2.05, 4.69) is 37.6 Å². The standard InChI is InChI=1S/C26H21BrN4O2S2/c1-16-23(25(33)31-18-6-3-2-4-7-18)24(21-8-5-13-34-21)20(14-28)26(29-16)35-15-22(32)30-19-11-9-17(27)10-12-19/h2-13,20,24H,15H2,1H3,(H,30,32)(H,31,33). The number of nitrogens with one attached hydrogen (secondary N) is 2. The molecule has 0 fully saturated rings. The molecule has 0 aliphatic carbocycles. The van der Waals surface area contributed by atoms with Crippen LogP contribution in [0.15, 0.2) is 92.8 Å². The Morgan fingerprint density at radius 2 is 1.77 bits per heavy atom. The first-order chi connectivity index (χ1) is 17.0. The average Bonchev–Trinajstić information content (AvgIpc) is 3.39. The number of para-hydroxylation sites is 1. The molecule has 4 rings (SSSR count). The van der Waals surface area contributed by atoms with Crippen molar-refractivity contribution < 1.29 is 9.59 Å². The number of benzene rings is 2. The number of halogens is 1. The summed E-state index contributed by atoms with van der Waals surface area (Å²) in [7, 11) is 0. The van der Waals surface area contributed by atoms with Gasteiger partial charge < -0.3 is 10.6 Å². The normalized spacial score (nSPS) is 17.3. The highest BCUT2D eigenvalue weighted by atomic mass is 79.9. The zero-order valence-corrected chi connectivity index (χ0v) is 21.9. The lowest BCUT2D eigenvalue weighted by molar-refractivity contribution is -0.114. The molecule has 2 aromatic carbocycles. The maximum atomic E-state index is 13.3. The summed E-state index contributed by atoms with van der Waals surface area (Å²) < 4.78 is 0.923. The molecule has 1 aromatic heterocycles. The molecule has 35 heavy (non-hydrogen) atoms. The minimum absolute atomic E-state index is 0.100. The van der Waals surface area contributed by atoms with Crippen LogP contribution >= 0.6 is 39.0 Å². The van der Waals surface area contributed by atoms with Gasteiger partial charge in [-0.25, -0.2) is 4.99 Å². The van der Waals surface area contributed by atoms with Crippen molar-refractivity contribution in [1.29, 1.82) is 5.26 Å². The number of hydrogen-bond donors (Lipinski definition) is 2. The SMILES string of the molecule is CC1=C(C(=O)Nc2ccccc2)C(c2cccs2)C(C#N)C(SCC(=O)Nc2ccc(Br)cc2)=N1. The molecule has 176 valence electrons. The molecule has 9 heteroatoms. The molecular formula is C26H21BrN4O2S2. The highest BCUT2D eigenvalue weighted by molar-refractivity contribution is 9.10. The molecule has 0 saturated carbocycles. The molecule has 2 amide bonds. The molecule has 6 nitrogen and oxygen atoms in total. The van der Waals surface area contributed by atoms with Crippen LogP contribution in [-0.4, -0.2) is 22.6 Å². The fourth-order valence-electron chi connectivity index (χ4n) is 3.75. The van der Waals surface area contributed by atoms with Gasteiger partial charge in [-0.1, -0.05) is 52.0 Å². The Morgan fingerprint density at radius 1 is 1.06 bits per heavy atom.